The van der Waals surface area contributed by atoms with Crippen LogP contribution in [0.4, 0.5) is 5.69 Å². The highest BCUT2D eigenvalue weighted by Gasteiger charge is 2.17. The van der Waals surface area contributed by atoms with Crippen molar-refractivity contribution in [3.8, 4) is 5.75 Å². The molecule has 0 bridgehead atoms. The number of para-hydroxylation sites is 1. The van der Waals surface area contributed by atoms with E-state index in [1.54, 1.807) is 24.3 Å². The van der Waals surface area contributed by atoms with E-state index >= 15 is 0 Å². The van der Waals surface area contributed by atoms with Gasteiger partial charge in [0.25, 0.3) is 11.8 Å². The van der Waals surface area contributed by atoms with Crippen LogP contribution < -0.4 is 15.4 Å². The van der Waals surface area contributed by atoms with E-state index < -0.39 is 0 Å². The van der Waals surface area contributed by atoms with E-state index in [2.05, 4.69) is 10.6 Å². The predicted molar refractivity (Wildman–Crippen MR) is 103 cm³/mol. The third-order valence-electron chi connectivity index (χ3n) is 4.38. The molecule has 0 spiro atoms. The molecule has 2 aromatic rings. The minimum atomic E-state index is -0.282. The molecule has 0 saturated carbocycles. The van der Waals surface area contributed by atoms with E-state index in [1.807, 2.05) is 31.2 Å². The number of hydrogen-bond acceptors (Lipinski definition) is 4. The molecule has 1 aliphatic heterocycles. The van der Waals surface area contributed by atoms with Gasteiger partial charge in [0.15, 0.2) is 6.61 Å². The minimum Gasteiger partial charge on any atom is -0.483 e. The Hall–Kier alpha value is -2.86. The van der Waals surface area contributed by atoms with Gasteiger partial charge in [-0.05, 0) is 49.6 Å². The second-order valence-electron chi connectivity index (χ2n) is 6.53. The number of nitrogens with one attached hydrogen (secondary N) is 2. The first-order valence-corrected chi connectivity index (χ1v) is 9.10. The molecule has 27 heavy (non-hydrogen) atoms. The fourth-order valence-electron chi connectivity index (χ4n) is 2.91. The van der Waals surface area contributed by atoms with E-state index in [0.717, 1.165) is 25.0 Å². The van der Waals surface area contributed by atoms with Gasteiger partial charge < -0.3 is 20.1 Å². The van der Waals surface area contributed by atoms with Crippen molar-refractivity contribution in [1.29, 1.82) is 0 Å². The van der Waals surface area contributed by atoms with Gasteiger partial charge in [0.1, 0.15) is 5.75 Å². The van der Waals surface area contributed by atoms with Crippen molar-refractivity contribution in [2.45, 2.75) is 25.9 Å². The van der Waals surface area contributed by atoms with Gasteiger partial charge in [-0.2, -0.15) is 0 Å². The zero-order valence-corrected chi connectivity index (χ0v) is 15.4. The summed E-state index contributed by atoms with van der Waals surface area (Å²) in [4.78, 5) is 24.4. The maximum Gasteiger partial charge on any atom is 0.262 e. The van der Waals surface area contributed by atoms with Crippen molar-refractivity contribution in [3.63, 3.8) is 0 Å². The molecule has 6 heteroatoms. The number of carbonyl (C=O) groups excluding carboxylic acids is 2. The number of ether oxygens (including phenoxy) is 2. The summed E-state index contributed by atoms with van der Waals surface area (Å²) in [6.07, 6.45) is 2.10. The molecular weight excluding hydrogens is 344 g/mol. The summed E-state index contributed by atoms with van der Waals surface area (Å²) >= 11 is 0. The minimum absolute atomic E-state index is 0.0930. The van der Waals surface area contributed by atoms with Gasteiger partial charge in [0, 0.05) is 24.4 Å². The molecule has 2 N–H and O–H groups in total. The Bertz CT molecular complexity index is 800. The van der Waals surface area contributed by atoms with E-state index in [-0.39, 0.29) is 24.5 Å². The topological polar surface area (TPSA) is 76.7 Å². The second-order valence-corrected chi connectivity index (χ2v) is 6.53. The van der Waals surface area contributed by atoms with Gasteiger partial charge in [-0.15, -0.1) is 0 Å². The lowest BCUT2D eigenvalue weighted by atomic mass is 10.1. The van der Waals surface area contributed by atoms with Crippen LogP contribution in [0.1, 0.15) is 28.8 Å². The van der Waals surface area contributed by atoms with Crippen LogP contribution in [-0.2, 0) is 9.53 Å². The lowest BCUT2D eigenvalue weighted by molar-refractivity contribution is -0.118. The Morgan fingerprint density at radius 3 is 2.81 bits per heavy atom. The molecule has 0 aromatic heterocycles. The summed E-state index contributed by atoms with van der Waals surface area (Å²) in [6, 6.07) is 14.4. The molecule has 3 rings (SSSR count). The third-order valence-corrected chi connectivity index (χ3v) is 4.38. The quantitative estimate of drug-likeness (QED) is 0.788. The van der Waals surface area contributed by atoms with Crippen molar-refractivity contribution in [1.82, 2.24) is 5.32 Å². The van der Waals surface area contributed by atoms with Gasteiger partial charge in [-0.25, -0.2) is 0 Å². The first kappa shape index (κ1) is 18.9. The highest BCUT2D eigenvalue weighted by molar-refractivity contribution is 5.97. The van der Waals surface area contributed by atoms with E-state index in [0.29, 0.717) is 23.5 Å². The molecule has 0 unspecified atom stereocenters. The van der Waals surface area contributed by atoms with Crippen molar-refractivity contribution in [2.75, 3.05) is 25.1 Å². The molecule has 1 atom stereocenters. The molecule has 1 saturated heterocycles. The van der Waals surface area contributed by atoms with Gasteiger partial charge in [-0.1, -0.05) is 24.3 Å². The van der Waals surface area contributed by atoms with Crippen LogP contribution >= 0.6 is 0 Å². The van der Waals surface area contributed by atoms with E-state index in [1.165, 1.54) is 0 Å². The predicted octanol–water partition coefficient (Wildman–Crippen LogP) is 2.92. The fourth-order valence-corrected chi connectivity index (χ4v) is 2.91. The van der Waals surface area contributed by atoms with Crippen LogP contribution in [0.15, 0.2) is 48.5 Å². The summed E-state index contributed by atoms with van der Waals surface area (Å²) in [5.41, 5.74) is 2.01. The Balaban J connectivity index is 1.51. The summed E-state index contributed by atoms with van der Waals surface area (Å²) < 4.78 is 11.0. The molecule has 0 radical (unpaired) electrons. The lowest BCUT2D eigenvalue weighted by Crippen LogP contribution is -2.31. The van der Waals surface area contributed by atoms with Crippen LogP contribution in [0.2, 0.25) is 0 Å². The number of carbonyl (C=O) groups is 2. The smallest absolute Gasteiger partial charge is 0.262 e. The molecule has 2 amide bonds. The third kappa shape index (κ3) is 5.56. The molecule has 1 heterocycles. The Morgan fingerprint density at radius 1 is 1.19 bits per heavy atom. The second kappa shape index (κ2) is 9.19. The van der Waals surface area contributed by atoms with Gasteiger partial charge in [0.2, 0.25) is 0 Å². The summed E-state index contributed by atoms with van der Waals surface area (Å²) in [6.45, 7) is 3.08. The van der Waals surface area contributed by atoms with Crippen molar-refractivity contribution >= 4 is 17.5 Å². The van der Waals surface area contributed by atoms with E-state index in [9.17, 15) is 9.59 Å². The highest BCUT2D eigenvalue weighted by Crippen LogP contribution is 2.16. The van der Waals surface area contributed by atoms with Crippen LogP contribution in [0.25, 0.3) is 0 Å². The van der Waals surface area contributed by atoms with Gasteiger partial charge >= 0.3 is 0 Å². The zero-order valence-electron chi connectivity index (χ0n) is 15.4. The number of anilines is 1. The monoisotopic (exact) mass is 368 g/mol. The summed E-state index contributed by atoms with van der Waals surface area (Å²) in [5, 5.41) is 5.63. The molecule has 1 fully saturated rings. The van der Waals surface area contributed by atoms with Crippen LogP contribution in [-0.4, -0.2) is 37.7 Å². The van der Waals surface area contributed by atoms with Crippen molar-refractivity contribution in [2.24, 2.45) is 0 Å². The maximum atomic E-state index is 12.3. The lowest BCUT2D eigenvalue weighted by Gasteiger charge is -2.12. The Morgan fingerprint density at radius 2 is 2.04 bits per heavy atom. The molecule has 1 aliphatic rings. The Kier molecular flexibility index (Phi) is 6.44. The fraction of sp³-hybridized carbons (Fsp3) is 0.333. The average Bonchev–Trinajstić information content (AvgIpc) is 3.19. The number of amides is 2. The first-order chi connectivity index (χ1) is 13.1. The number of aryl methyl sites for hydroxylation is 1. The largest absolute Gasteiger partial charge is 0.483 e. The zero-order chi connectivity index (χ0) is 19.1. The average molecular weight is 368 g/mol. The first-order valence-electron chi connectivity index (χ1n) is 9.10. The molecule has 142 valence electrons. The SMILES string of the molecule is Cc1ccccc1OCC(=O)Nc1cccc(C(=O)NC[C@H]2CCCO2)c1. The van der Waals surface area contributed by atoms with Crippen molar-refractivity contribution in [3.05, 3.63) is 59.7 Å². The van der Waals surface area contributed by atoms with Crippen LogP contribution in [0.5, 0.6) is 5.75 Å². The maximum absolute atomic E-state index is 12.3. The summed E-state index contributed by atoms with van der Waals surface area (Å²) in [7, 11) is 0. The van der Waals surface area contributed by atoms with E-state index in [4.69, 9.17) is 9.47 Å². The van der Waals surface area contributed by atoms with Crippen molar-refractivity contribution < 1.29 is 19.1 Å². The van der Waals surface area contributed by atoms with Gasteiger partial charge in [0.05, 0.1) is 6.10 Å². The number of benzene rings is 2. The highest BCUT2D eigenvalue weighted by atomic mass is 16.5. The Labute approximate surface area is 158 Å². The molecule has 0 aliphatic carbocycles. The van der Waals surface area contributed by atoms with Crippen LogP contribution in [0.3, 0.4) is 0 Å². The number of hydrogen-bond donors (Lipinski definition) is 2. The molecule has 2 aromatic carbocycles. The molecular formula is C21H24N2O4. The number of rotatable bonds is 7. The normalized spacial score (nSPS) is 16.0. The van der Waals surface area contributed by atoms with Gasteiger partial charge in [-0.3, -0.25) is 9.59 Å². The summed E-state index contributed by atoms with van der Waals surface area (Å²) in [5.74, 6) is 0.211. The molecule has 6 nitrogen and oxygen atoms in total. The van der Waals surface area contributed by atoms with Crippen LogP contribution in [0, 0.1) is 6.92 Å². The standard InChI is InChI=1S/C21H24N2O4/c1-15-6-2-3-10-19(15)27-14-20(24)23-17-8-4-7-16(12-17)21(25)22-13-18-9-5-11-26-18/h2-4,6-8,10,12,18H,5,9,11,13-14H2,1H3,(H,22,25)(H,23,24)/t18-/m1/s1.